The van der Waals surface area contributed by atoms with Gasteiger partial charge in [-0.3, -0.25) is 10.1 Å². The minimum absolute atomic E-state index is 0.0238. The highest BCUT2D eigenvalue weighted by Crippen LogP contribution is 2.29. The van der Waals surface area contributed by atoms with E-state index < -0.39 is 4.92 Å². The van der Waals surface area contributed by atoms with Crippen LogP contribution in [-0.4, -0.2) is 14.9 Å². The van der Waals surface area contributed by atoms with E-state index in [0.717, 1.165) is 10.2 Å². The van der Waals surface area contributed by atoms with Crippen molar-refractivity contribution < 1.29 is 9.66 Å². The van der Waals surface area contributed by atoms with Crippen LogP contribution in [0.15, 0.2) is 42.0 Å². The molecule has 0 fully saturated rings. The van der Waals surface area contributed by atoms with Crippen LogP contribution < -0.4 is 4.74 Å². The summed E-state index contributed by atoms with van der Waals surface area (Å²) in [5.74, 6) is 0.942. The maximum absolute atomic E-state index is 10.6. The SMILES string of the molecule is O=[N+]([O-])c1ccc(Oc2ncnc3sccc23)cc1. The van der Waals surface area contributed by atoms with E-state index in [1.165, 1.54) is 29.8 Å². The number of nitro benzene ring substituents is 1. The molecule has 0 spiro atoms. The van der Waals surface area contributed by atoms with Crippen molar-refractivity contribution in [2.75, 3.05) is 0 Å². The van der Waals surface area contributed by atoms with E-state index >= 15 is 0 Å². The number of aromatic nitrogens is 2. The molecule has 94 valence electrons. The molecule has 0 aliphatic heterocycles. The molecule has 0 N–H and O–H groups in total. The molecule has 0 bridgehead atoms. The minimum atomic E-state index is -0.453. The van der Waals surface area contributed by atoms with E-state index in [2.05, 4.69) is 9.97 Å². The fourth-order valence-corrected chi connectivity index (χ4v) is 2.32. The van der Waals surface area contributed by atoms with Crippen molar-refractivity contribution in [3.05, 3.63) is 52.2 Å². The molecule has 6 nitrogen and oxygen atoms in total. The third-order valence-electron chi connectivity index (χ3n) is 2.49. The van der Waals surface area contributed by atoms with Crippen LogP contribution >= 0.6 is 11.3 Å². The molecule has 0 aliphatic carbocycles. The fourth-order valence-electron chi connectivity index (χ4n) is 1.60. The highest BCUT2D eigenvalue weighted by molar-refractivity contribution is 7.16. The van der Waals surface area contributed by atoms with Crippen LogP contribution in [0.3, 0.4) is 0 Å². The number of hydrogen-bond donors (Lipinski definition) is 0. The Kier molecular flexibility index (Phi) is 2.81. The first kappa shape index (κ1) is 11.5. The summed E-state index contributed by atoms with van der Waals surface area (Å²) in [6, 6.07) is 7.74. The van der Waals surface area contributed by atoms with Gasteiger partial charge in [0.15, 0.2) is 0 Å². The number of hydrogen-bond acceptors (Lipinski definition) is 6. The number of fused-ring (bicyclic) bond motifs is 1. The molecular formula is C12H7N3O3S. The zero-order valence-corrected chi connectivity index (χ0v) is 10.3. The van der Waals surface area contributed by atoms with Crippen LogP contribution in [0.2, 0.25) is 0 Å². The lowest BCUT2D eigenvalue weighted by molar-refractivity contribution is -0.384. The van der Waals surface area contributed by atoms with E-state index in [9.17, 15) is 10.1 Å². The summed E-state index contributed by atoms with van der Waals surface area (Å²) in [6.07, 6.45) is 1.43. The molecule has 0 amide bonds. The lowest BCUT2D eigenvalue weighted by Crippen LogP contribution is -1.91. The molecule has 2 heterocycles. The van der Waals surface area contributed by atoms with Crippen LogP contribution in [0.5, 0.6) is 11.6 Å². The molecule has 3 aromatic rings. The summed E-state index contributed by atoms with van der Waals surface area (Å²) in [5, 5.41) is 13.3. The largest absolute Gasteiger partial charge is 0.438 e. The van der Waals surface area contributed by atoms with Crippen molar-refractivity contribution in [3.63, 3.8) is 0 Å². The lowest BCUT2D eigenvalue weighted by atomic mass is 10.3. The predicted molar refractivity (Wildman–Crippen MR) is 70.6 cm³/mol. The number of rotatable bonds is 3. The van der Waals surface area contributed by atoms with Crippen molar-refractivity contribution >= 4 is 27.2 Å². The van der Waals surface area contributed by atoms with Gasteiger partial charge in [-0.25, -0.2) is 9.97 Å². The second-order valence-electron chi connectivity index (χ2n) is 3.67. The fraction of sp³-hybridized carbons (Fsp3) is 0. The van der Waals surface area contributed by atoms with Crippen LogP contribution in [0.4, 0.5) is 5.69 Å². The minimum Gasteiger partial charge on any atom is -0.438 e. The summed E-state index contributed by atoms with van der Waals surface area (Å²) in [7, 11) is 0. The van der Waals surface area contributed by atoms with E-state index in [1.807, 2.05) is 11.4 Å². The summed E-state index contributed by atoms with van der Waals surface area (Å²) in [5.41, 5.74) is 0.0238. The molecule has 0 radical (unpaired) electrons. The van der Waals surface area contributed by atoms with E-state index in [-0.39, 0.29) is 5.69 Å². The number of thiophene rings is 1. The zero-order chi connectivity index (χ0) is 13.2. The van der Waals surface area contributed by atoms with Gasteiger partial charge < -0.3 is 4.74 Å². The first-order chi connectivity index (χ1) is 9.24. The Morgan fingerprint density at radius 2 is 1.95 bits per heavy atom. The second-order valence-corrected chi connectivity index (χ2v) is 4.57. The Labute approximate surface area is 111 Å². The lowest BCUT2D eigenvalue weighted by Gasteiger charge is -2.04. The Hall–Kier alpha value is -2.54. The summed E-state index contributed by atoms with van der Waals surface area (Å²) < 4.78 is 5.62. The number of non-ortho nitro benzene ring substituents is 1. The predicted octanol–water partition coefficient (Wildman–Crippen LogP) is 3.39. The van der Waals surface area contributed by atoms with E-state index in [4.69, 9.17) is 4.74 Å². The first-order valence-electron chi connectivity index (χ1n) is 5.34. The van der Waals surface area contributed by atoms with Gasteiger partial charge >= 0.3 is 0 Å². The van der Waals surface area contributed by atoms with Gasteiger partial charge in [-0.05, 0) is 23.6 Å². The monoisotopic (exact) mass is 273 g/mol. The van der Waals surface area contributed by atoms with Crippen LogP contribution in [0, 0.1) is 10.1 Å². The van der Waals surface area contributed by atoms with Gasteiger partial charge in [-0.2, -0.15) is 0 Å². The second kappa shape index (κ2) is 4.62. The number of benzene rings is 1. The van der Waals surface area contributed by atoms with Crippen molar-refractivity contribution in [3.8, 4) is 11.6 Å². The molecule has 0 saturated carbocycles. The van der Waals surface area contributed by atoms with Crippen molar-refractivity contribution in [1.82, 2.24) is 9.97 Å². The van der Waals surface area contributed by atoms with Crippen molar-refractivity contribution in [2.45, 2.75) is 0 Å². The summed E-state index contributed by atoms with van der Waals surface area (Å²) in [6.45, 7) is 0. The Balaban J connectivity index is 1.92. The highest BCUT2D eigenvalue weighted by atomic mass is 32.1. The topological polar surface area (TPSA) is 78.2 Å². The Morgan fingerprint density at radius 1 is 1.16 bits per heavy atom. The summed E-state index contributed by atoms with van der Waals surface area (Å²) in [4.78, 5) is 19.1. The van der Waals surface area contributed by atoms with Crippen LogP contribution in [0.25, 0.3) is 10.2 Å². The van der Waals surface area contributed by atoms with E-state index in [0.29, 0.717) is 11.6 Å². The van der Waals surface area contributed by atoms with Crippen molar-refractivity contribution in [1.29, 1.82) is 0 Å². The Bertz CT molecular complexity index is 739. The third kappa shape index (κ3) is 2.23. The molecule has 0 aliphatic rings. The molecule has 7 heteroatoms. The van der Waals surface area contributed by atoms with Gasteiger partial charge in [-0.15, -0.1) is 11.3 Å². The van der Waals surface area contributed by atoms with Crippen LogP contribution in [0.1, 0.15) is 0 Å². The molecule has 0 unspecified atom stereocenters. The van der Waals surface area contributed by atoms with Crippen molar-refractivity contribution in [2.24, 2.45) is 0 Å². The van der Waals surface area contributed by atoms with Gasteiger partial charge in [0.25, 0.3) is 5.69 Å². The quantitative estimate of drug-likeness (QED) is 0.540. The molecule has 3 rings (SSSR count). The molecule has 19 heavy (non-hydrogen) atoms. The molecular weight excluding hydrogens is 266 g/mol. The maximum Gasteiger partial charge on any atom is 0.269 e. The number of nitro groups is 1. The Morgan fingerprint density at radius 3 is 2.68 bits per heavy atom. The molecule has 0 atom stereocenters. The van der Waals surface area contributed by atoms with Gasteiger partial charge in [0.05, 0.1) is 10.3 Å². The molecule has 1 aromatic carbocycles. The zero-order valence-electron chi connectivity index (χ0n) is 9.52. The maximum atomic E-state index is 10.6. The smallest absolute Gasteiger partial charge is 0.269 e. The molecule has 2 aromatic heterocycles. The van der Waals surface area contributed by atoms with Gasteiger partial charge in [0.1, 0.15) is 16.9 Å². The third-order valence-corrected chi connectivity index (χ3v) is 3.31. The normalized spacial score (nSPS) is 10.5. The first-order valence-corrected chi connectivity index (χ1v) is 6.22. The average Bonchev–Trinajstić information content (AvgIpc) is 2.89. The summed E-state index contributed by atoms with van der Waals surface area (Å²) >= 11 is 1.50. The molecule has 0 saturated heterocycles. The number of ether oxygens (including phenoxy) is 1. The number of nitrogens with zero attached hydrogens (tertiary/aromatic N) is 3. The standard InChI is InChI=1S/C12H7N3O3S/c16-15(17)8-1-3-9(4-2-8)18-11-10-5-6-19-12(10)14-7-13-11/h1-7H. The average molecular weight is 273 g/mol. The van der Waals surface area contributed by atoms with Gasteiger partial charge in [0, 0.05) is 12.1 Å². The van der Waals surface area contributed by atoms with E-state index in [1.54, 1.807) is 12.1 Å². The highest BCUT2D eigenvalue weighted by Gasteiger charge is 2.09. The van der Waals surface area contributed by atoms with Gasteiger partial charge in [0.2, 0.25) is 5.88 Å². The van der Waals surface area contributed by atoms with Gasteiger partial charge in [-0.1, -0.05) is 0 Å². The van der Waals surface area contributed by atoms with Crippen LogP contribution in [-0.2, 0) is 0 Å².